The monoisotopic (exact) mass is 450 g/mol. The zero-order chi connectivity index (χ0) is 21.1. The Morgan fingerprint density at radius 1 is 1.29 bits per heavy atom. The first-order valence-corrected chi connectivity index (χ1v) is 10.8. The Hall–Kier alpha value is -2.09. The van der Waals surface area contributed by atoms with Gasteiger partial charge in [0.25, 0.3) is 5.91 Å². The van der Waals surface area contributed by atoms with Gasteiger partial charge in [0, 0.05) is 12.7 Å². The molecule has 1 unspecified atom stereocenters. The van der Waals surface area contributed by atoms with E-state index in [1.54, 1.807) is 0 Å². The van der Waals surface area contributed by atoms with Crippen LogP contribution >= 0.6 is 12.4 Å². The molecule has 170 valence electrons. The minimum Gasteiger partial charge on any atom is -0.483 e. The van der Waals surface area contributed by atoms with Gasteiger partial charge in [-0.3, -0.25) is 4.79 Å². The molecule has 1 atom stereocenters. The minimum atomic E-state index is -0.377. The fourth-order valence-electron chi connectivity index (χ4n) is 4.72. The first kappa shape index (κ1) is 23.6. The van der Waals surface area contributed by atoms with Crippen LogP contribution in [0, 0.1) is 6.92 Å². The molecular formula is C23H31ClN2O5. The number of ether oxygens (including phenoxy) is 2. The molecule has 2 aromatic rings. The lowest BCUT2D eigenvalue weighted by molar-refractivity contribution is -0.138. The zero-order valence-corrected chi connectivity index (χ0v) is 18.9. The molecule has 1 aromatic heterocycles. The predicted octanol–water partition coefficient (Wildman–Crippen LogP) is 2.88. The summed E-state index contributed by atoms with van der Waals surface area (Å²) in [4.78, 5) is 24.6. The van der Waals surface area contributed by atoms with Crippen molar-refractivity contribution < 1.29 is 18.7 Å². The molecule has 0 saturated carbocycles. The molecule has 0 bridgehead atoms. The molecule has 0 aliphatic carbocycles. The maximum atomic E-state index is 12.8. The predicted molar refractivity (Wildman–Crippen MR) is 121 cm³/mol. The average Bonchev–Trinajstić information content (AvgIpc) is 2.73. The Morgan fingerprint density at radius 3 is 2.81 bits per heavy atom. The van der Waals surface area contributed by atoms with E-state index in [1.807, 2.05) is 26.0 Å². The van der Waals surface area contributed by atoms with Gasteiger partial charge in [0.1, 0.15) is 11.3 Å². The summed E-state index contributed by atoms with van der Waals surface area (Å²) in [7, 11) is 0. The second kappa shape index (κ2) is 10.0. The summed E-state index contributed by atoms with van der Waals surface area (Å²) in [6.45, 7) is 6.36. The van der Waals surface area contributed by atoms with Crippen LogP contribution in [0.4, 0.5) is 0 Å². The molecule has 1 aromatic carbocycles. The highest BCUT2D eigenvalue weighted by molar-refractivity contribution is 5.88. The standard InChI is InChI=1S/C23H30N2O5.ClH/c1-3-16-13-21(27)30-18-12-15(2)11-17(22(16)18)28-14-20(26)25-19-5-4-10-29-23(19)6-8-24-9-7-23;/h11-13,19,24H,3-10,14H2,1-2H3,(H,25,26);1H. The Balaban J connectivity index is 0.00000272. The van der Waals surface area contributed by atoms with Gasteiger partial charge in [-0.2, -0.15) is 0 Å². The molecule has 3 heterocycles. The van der Waals surface area contributed by atoms with E-state index < -0.39 is 0 Å². The van der Waals surface area contributed by atoms with Crippen molar-refractivity contribution in [3.63, 3.8) is 0 Å². The Morgan fingerprint density at radius 2 is 2.06 bits per heavy atom. The topological polar surface area (TPSA) is 89.8 Å². The van der Waals surface area contributed by atoms with E-state index in [2.05, 4.69) is 10.6 Å². The lowest BCUT2D eigenvalue weighted by Crippen LogP contribution is -2.61. The third-order valence-electron chi connectivity index (χ3n) is 6.22. The van der Waals surface area contributed by atoms with Crippen molar-refractivity contribution in [2.24, 2.45) is 0 Å². The number of amides is 1. The molecule has 7 nitrogen and oxygen atoms in total. The van der Waals surface area contributed by atoms with Crippen LogP contribution in [0.15, 0.2) is 27.4 Å². The number of rotatable bonds is 5. The quantitative estimate of drug-likeness (QED) is 0.681. The Kier molecular flexibility index (Phi) is 7.62. The molecule has 0 radical (unpaired) electrons. The number of carbonyl (C=O) groups is 1. The summed E-state index contributed by atoms with van der Waals surface area (Å²) in [6.07, 6.45) is 4.34. The molecule has 1 spiro atoms. The van der Waals surface area contributed by atoms with Gasteiger partial charge >= 0.3 is 5.63 Å². The third-order valence-corrected chi connectivity index (χ3v) is 6.22. The summed E-state index contributed by atoms with van der Waals surface area (Å²) in [5.74, 6) is 0.408. The Bertz CT molecular complexity index is 976. The molecular weight excluding hydrogens is 420 g/mol. The van der Waals surface area contributed by atoms with Gasteiger partial charge in [0.15, 0.2) is 6.61 Å². The van der Waals surface area contributed by atoms with Crippen molar-refractivity contribution >= 4 is 29.3 Å². The van der Waals surface area contributed by atoms with Gasteiger partial charge in [-0.1, -0.05) is 6.92 Å². The molecule has 8 heteroatoms. The summed E-state index contributed by atoms with van der Waals surface area (Å²) in [5.41, 5.74) is 1.60. The summed E-state index contributed by atoms with van der Waals surface area (Å²) in [6, 6.07) is 5.20. The van der Waals surface area contributed by atoms with Crippen LogP contribution in [0.3, 0.4) is 0 Å². The smallest absolute Gasteiger partial charge is 0.336 e. The largest absolute Gasteiger partial charge is 0.483 e. The second-order valence-electron chi connectivity index (χ2n) is 8.29. The maximum absolute atomic E-state index is 12.8. The summed E-state index contributed by atoms with van der Waals surface area (Å²) < 4.78 is 17.5. The number of fused-ring (bicyclic) bond motifs is 1. The van der Waals surface area contributed by atoms with Crippen molar-refractivity contribution in [2.75, 3.05) is 26.3 Å². The van der Waals surface area contributed by atoms with Gasteiger partial charge in [0.05, 0.1) is 17.0 Å². The van der Waals surface area contributed by atoms with Crippen LogP contribution in [0.1, 0.15) is 43.7 Å². The van der Waals surface area contributed by atoms with E-state index in [-0.39, 0.29) is 42.2 Å². The van der Waals surface area contributed by atoms with E-state index in [0.717, 1.165) is 61.9 Å². The van der Waals surface area contributed by atoms with Crippen molar-refractivity contribution in [3.8, 4) is 5.75 Å². The van der Waals surface area contributed by atoms with Crippen molar-refractivity contribution in [2.45, 2.75) is 57.6 Å². The van der Waals surface area contributed by atoms with Gasteiger partial charge in [-0.05, 0) is 75.4 Å². The van der Waals surface area contributed by atoms with E-state index in [4.69, 9.17) is 13.9 Å². The molecule has 2 fully saturated rings. The highest BCUT2D eigenvalue weighted by Crippen LogP contribution is 2.34. The first-order chi connectivity index (χ1) is 14.5. The van der Waals surface area contributed by atoms with E-state index in [0.29, 0.717) is 17.8 Å². The van der Waals surface area contributed by atoms with Crippen LogP contribution in [0.5, 0.6) is 5.75 Å². The van der Waals surface area contributed by atoms with Crippen LogP contribution < -0.4 is 21.0 Å². The lowest BCUT2D eigenvalue weighted by Gasteiger charge is -2.46. The third kappa shape index (κ3) is 5.05. The lowest BCUT2D eigenvalue weighted by atomic mass is 9.80. The fraction of sp³-hybridized carbons (Fsp3) is 0.565. The number of piperidine rings is 1. The zero-order valence-electron chi connectivity index (χ0n) is 18.1. The van der Waals surface area contributed by atoms with Crippen LogP contribution in [-0.2, 0) is 16.0 Å². The van der Waals surface area contributed by atoms with Gasteiger partial charge < -0.3 is 24.5 Å². The molecule has 2 saturated heterocycles. The summed E-state index contributed by atoms with van der Waals surface area (Å²) >= 11 is 0. The first-order valence-electron chi connectivity index (χ1n) is 10.8. The fourth-order valence-corrected chi connectivity index (χ4v) is 4.72. The van der Waals surface area contributed by atoms with Crippen LogP contribution in [0.2, 0.25) is 0 Å². The minimum absolute atomic E-state index is 0. The molecule has 2 aliphatic rings. The van der Waals surface area contributed by atoms with Gasteiger partial charge in [-0.15, -0.1) is 12.4 Å². The van der Waals surface area contributed by atoms with Crippen molar-refractivity contribution in [3.05, 3.63) is 39.7 Å². The number of carbonyl (C=O) groups excluding carboxylic acids is 1. The highest BCUT2D eigenvalue weighted by Gasteiger charge is 2.43. The second-order valence-corrected chi connectivity index (χ2v) is 8.29. The van der Waals surface area contributed by atoms with Gasteiger partial charge in [0.2, 0.25) is 0 Å². The summed E-state index contributed by atoms with van der Waals surface area (Å²) in [5, 5.41) is 7.28. The number of halogens is 1. The molecule has 2 N–H and O–H groups in total. The average molecular weight is 451 g/mol. The van der Waals surface area contributed by atoms with Crippen LogP contribution in [-0.4, -0.2) is 43.9 Å². The normalized spacial score (nSPS) is 20.3. The molecule has 2 aliphatic heterocycles. The molecule has 1 amide bonds. The van der Waals surface area contributed by atoms with E-state index >= 15 is 0 Å². The van der Waals surface area contributed by atoms with E-state index in [1.165, 1.54) is 6.07 Å². The maximum Gasteiger partial charge on any atom is 0.336 e. The number of nitrogens with one attached hydrogen (secondary N) is 2. The van der Waals surface area contributed by atoms with E-state index in [9.17, 15) is 9.59 Å². The molecule has 4 rings (SSSR count). The number of aryl methyl sites for hydroxylation is 2. The number of hydrogen-bond donors (Lipinski definition) is 2. The Labute approximate surface area is 188 Å². The highest BCUT2D eigenvalue weighted by atomic mass is 35.5. The van der Waals surface area contributed by atoms with Crippen LogP contribution in [0.25, 0.3) is 11.0 Å². The SMILES string of the molecule is CCc1cc(=O)oc2cc(C)cc(OCC(=O)NC3CCCOC34CCNCC4)c12.Cl. The number of hydrogen-bond acceptors (Lipinski definition) is 6. The molecule has 31 heavy (non-hydrogen) atoms. The van der Waals surface area contributed by atoms with Crippen molar-refractivity contribution in [1.82, 2.24) is 10.6 Å². The van der Waals surface area contributed by atoms with Crippen molar-refractivity contribution in [1.29, 1.82) is 0 Å². The van der Waals surface area contributed by atoms with Gasteiger partial charge in [-0.25, -0.2) is 4.79 Å². The number of benzene rings is 1.